The van der Waals surface area contributed by atoms with Gasteiger partial charge in [0.05, 0.1) is 0 Å². The average molecular weight is 143 g/mol. The van der Waals surface area contributed by atoms with Gasteiger partial charge in [0.2, 0.25) is 0 Å². The third-order valence-corrected chi connectivity index (χ3v) is 0.979. The molecule has 0 amide bonds. The Hall–Kier alpha value is -0.705. The molecule has 5 heteroatoms. The maximum absolute atomic E-state index is 10.5. The molecule has 0 saturated carbocycles. The molecular formula is C5H10BNO3. The normalized spacial score (nSPS) is 8.50. The summed E-state index contributed by atoms with van der Waals surface area (Å²) in [5.41, 5.74) is 0. The van der Waals surface area contributed by atoms with E-state index in [0.29, 0.717) is 20.1 Å². The summed E-state index contributed by atoms with van der Waals surface area (Å²) in [7, 11) is 0.612. The minimum absolute atomic E-state index is 0.0951. The van der Waals surface area contributed by atoms with Crippen molar-refractivity contribution in [2.45, 2.75) is 19.3 Å². The molecule has 0 aromatic heterocycles. The number of aliphatic hydroxyl groups excluding tert-OH is 1. The molecule has 0 saturated heterocycles. The van der Waals surface area contributed by atoms with Crippen molar-refractivity contribution in [3.63, 3.8) is 0 Å². The summed E-state index contributed by atoms with van der Waals surface area (Å²) in [6.07, 6.45) is 1.49. The summed E-state index contributed by atoms with van der Waals surface area (Å²) < 4.78 is 4.21. The molecule has 0 aromatic rings. The van der Waals surface area contributed by atoms with Crippen LogP contribution in [0.5, 0.6) is 0 Å². The SMILES string of the molecule is N=BOC(=O)CCCCO. The average Bonchev–Trinajstić information content (AvgIpc) is 1.89. The van der Waals surface area contributed by atoms with Crippen molar-refractivity contribution in [1.82, 2.24) is 0 Å². The molecule has 0 aliphatic carbocycles. The molecule has 10 heavy (non-hydrogen) atoms. The molecule has 56 valence electrons. The summed E-state index contributed by atoms with van der Waals surface area (Å²) in [5.74, 6) is -0.413. The molecule has 0 aromatic carbocycles. The molecule has 0 fully saturated rings. The Balaban J connectivity index is 3.13. The number of aliphatic hydroxyl groups is 1. The number of rotatable bonds is 5. The van der Waals surface area contributed by atoms with Gasteiger partial charge >= 0.3 is 59.0 Å². The summed E-state index contributed by atoms with van der Waals surface area (Å²) in [4.78, 5) is 10.5. The zero-order chi connectivity index (χ0) is 7.82. The Morgan fingerprint density at radius 2 is 2.30 bits per heavy atom. The van der Waals surface area contributed by atoms with E-state index >= 15 is 0 Å². The van der Waals surface area contributed by atoms with Gasteiger partial charge in [-0.1, -0.05) is 0 Å². The van der Waals surface area contributed by atoms with E-state index in [0.717, 1.165) is 0 Å². The second-order valence-corrected chi connectivity index (χ2v) is 1.79. The second-order valence-electron chi connectivity index (χ2n) is 1.79. The van der Waals surface area contributed by atoms with Crippen molar-refractivity contribution in [3.05, 3.63) is 0 Å². The van der Waals surface area contributed by atoms with Crippen molar-refractivity contribution in [2.24, 2.45) is 0 Å². The third-order valence-electron chi connectivity index (χ3n) is 0.979. The van der Waals surface area contributed by atoms with Crippen LogP contribution >= 0.6 is 0 Å². The Labute approximate surface area is 60.0 Å². The van der Waals surface area contributed by atoms with Crippen LogP contribution in [-0.2, 0) is 9.45 Å². The van der Waals surface area contributed by atoms with E-state index in [2.05, 4.69) is 4.65 Å². The molecule has 0 aliphatic rings. The van der Waals surface area contributed by atoms with Gasteiger partial charge in [-0.05, 0) is 0 Å². The minimum atomic E-state index is -0.413. The topological polar surface area (TPSA) is 70.4 Å². The third kappa shape index (κ3) is 5.43. The van der Waals surface area contributed by atoms with Gasteiger partial charge in [-0.15, -0.1) is 0 Å². The van der Waals surface area contributed by atoms with Crippen LogP contribution in [0.1, 0.15) is 19.3 Å². The Kier molecular flexibility index (Phi) is 5.96. The molecule has 0 heterocycles. The van der Waals surface area contributed by atoms with Gasteiger partial charge in [0.15, 0.2) is 0 Å². The first-order valence-corrected chi connectivity index (χ1v) is 3.10. The van der Waals surface area contributed by atoms with Crippen LogP contribution in [0.15, 0.2) is 0 Å². The van der Waals surface area contributed by atoms with E-state index in [1.165, 1.54) is 0 Å². The molecule has 0 aliphatic heterocycles. The molecular weight excluding hydrogens is 133 g/mol. The van der Waals surface area contributed by atoms with Crippen molar-refractivity contribution in [1.29, 1.82) is 5.31 Å². The fourth-order valence-electron chi connectivity index (χ4n) is 0.506. The van der Waals surface area contributed by atoms with Crippen molar-refractivity contribution in [2.75, 3.05) is 6.61 Å². The molecule has 0 rings (SSSR count). The molecule has 0 unspecified atom stereocenters. The van der Waals surface area contributed by atoms with Gasteiger partial charge in [0, 0.05) is 0 Å². The number of hydrogen-bond acceptors (Lipinski definition) is 4. The van der Waals surface area contributed by atoms with E-state index in [-0.39, 0.29) is 13.0 Å². The number of unbranched alkanes of at least 4 members (excludes halogenated alkanes) is 1. The number of nitrogens with one attached hydrogen (secondary N) is 1. The van der Waals surface area contributed by atoms with Gasteiger partial charge in [-0.2, -0.15) is 0 Å². The van der Waals surface area contributed by atoms with Crippen LogP contribution in [0, 0.1) is 5.31 Å². The van der Waals surface area contributed by atoms with Crippen LogP contribution in [-0.4, -0.2) is 25.0 Å². The fraction of sp³-hybridized carbons (Fsp3) is 0.800. The predicted molar refractivity (Wildman–Crippen MR) is 35.5 cm³/mol. The second kappa shape index (κ2) is 6.42. The maximum atomic E-state index is 10.5. The summed E-state index contributed by atoms with van der Waals surface area (Å²) in [6.45, 7) is 0.0951. The Morgan fingerprint density at radius 1 is 1.60 bits per heavy atom. The zero-order valence-corrected chi connectivity index (χ0v) is 5.67. The monoisotopic (exact) mass is 143 g/mol. The Morgan fingerprint density at radius 3 is 2.80 bits per heavy atom. The van der Waals surface area contributed by atoms with Gasteiger partial charge in [-0.25, -0.2) is 0 Å². The van der Waals surface area contributed by atoms with Crippen molar-refractivity contribution in [3.8, 4) is 0 Å². The Bertz CT molecular complexity index is 117. The first-order valence-electron chi connectivity index (χ1n) is 3.10. The van der Waals surface area contributed by atoms with Gasteiger partial charge in [0.1, 0.15) is 0 Å². The summed E-state index contributed by atoms with van der Waals surface area (Å²) >= 11 is 0. The standard InChI is InChI=1S/C5H10BNO3/c7-6-10-5(9)3-1-2-4-8/h7-8H,1-4H2. The molecule has 0 radical (unpaired) electrons. The van der Waals surface area contributed by atoms with E-state index in [4.69, 9.17) is 10.4 Å². The van der Waals surface area contributed by atoms with E-state index < -0.39 is 5.97 Å². The molecule has 0 atom stereocenters. The van der Waals surface area contributed by atoms with Crippen LogP contribution in [0.3, 0.4) is 0 Å². The quantitative estimate of drug-likeness (QED) is 0.422. The van der Waals surface area contributed by atoms with Crippen LogP contribution in [0.25, 0.3) is 0 Å². The summed E-state index contributed by atoms with van der Waals surface area (Å²) in [5, 5.41) is 14.7. The predicted octanol–water partition coefficient (Wildman–Crippen LogP) is 0.0738. The van der Waals surface area contributed by atoms with Crippen molar-refractivity contribution < 1.29 is 14.6 Å². The van der Waals surface area contributed by atoms with Gasteiger partial charge < -0.3 is 0 Å². The number of carbonyl (C=O) groups excluding carboxylic acids is 1. The first kappa shape index (κ1) is 9.29. The van der Waals surface area contributed by atoms with Crippen LogP contribution < -0.4 is 0 Å². The number of carbonyl (C=O) groups is 1. The van der Waals surface area contributed by atoms with E-state index in [9.17, 15) is 4.79 Å². The fourth-order valence-corrected chi connectivity index (χ4v) is 0.506. The van der Waals surface area contributed by atoms with Crippen molar-refractivity contribution >= 4 is 13.2 Å². The van der Waals surface area contributed by atoms with Crippen LogP contribution in [0.4, 0.5) is 0 Å². The molecule has 2 N–H and O–H groups in total. The first-order chi connectivity index (χ1) is 4.81. The molecule has 0 bridgehead atoms. The molecule has 0 spiro atoms. The van der Waals surface area contributed by atoms with E-state index in [1.54, 1.807) is 0 Å². The zero-order valence-electron chi connectivity index (χ0n) is 5.67. The summed E-state index contributed by atoms with van der Waals surface area (Å²) in [6, 6.07) is 0. The van der Waals surface area contributed by atoms with Crippen LogP contribution in [0.2, 0.25) is 0 Å². The van der Waals surface area contributed by atoms with Gasteiger partial charge in [-0.3, -0.25) is 0 Å². The number of hydrogen-bond donors (Lipinski definition) is 2. The van der Waals surface area contributed by atoms with Gasteiger partial charge in [0.25, 0.3) is 0 Å². The molecule has 4 nitrogen and oxygen atoms in total. The van der Waals surface area contributed by atoms with E-state index in [1.807, 2.05) is 0 Å².